The van der Waals surface area contributed by atoms with Gasteiger partial charge in [-0.2, -0.15) is 0 Å². The van der Waals surface area contributed by atoms with Crippen molar-refractivity contribution in [1.82, 2.24) is 9.97 Å². The summed E-state index contributed by atoms with van der Waals surface area (Å²) >= 11 is 1.49. The van der Waals surface area contributed by atoms with Crippen molar-refractivity contribution in [3.63, 3.8) is 0 Å². The summed E-state index contributed by atoms with van der Waals surface area (Å²) < 4.78 is 5.29. The molecule has 0 unspecified atom stereocenters. The predicted octanol–water partition coefficient (Wildman–Crippen LogP) is 3.05. The molecule has 3 rings (SSSR count). The van der Waals surface area contributed by atoms with Crippen LogP contribution < -0.4 is 5.32 Å². The molecule has 3 aromatic heterocycles. The Bertz CT molecular complexity index is 677. The van der Waals surface area contributed by atoms with Crippen LogP contribution in [-0.2, 0) is 0 Å². The smallest absolute Gasteiger partial charge is 0.278 e. The number of hydrogen-bond acceptors (Lipinski definition) is 5. The Hall–Kier alpha value is -2.47. The maximum absolute atomic E-state index is 12.1. The third kappa shape index (κ3) is 2.38. The Kier molecular flexibility index (Phi) is 3.07. The fourth-order valence-corrected chi connectivity index (χ4v) is 2.33. The van der Waals surface area contributed by atoms with Gasteiger partial charge < -0.3 is 9.73 Å². The molecular weight excluding hydrogens is 262 g/mol. The summed E-state index contributed by atoms with van der Waals surface area (Å²) in [6.45, 7) is 0. The molecule has 3 heterocycles. The Morgan fingerprint density at radius 3 is 3.00 bits per heavy atom. The van der Waals surface area contributed by atoms with E-state index in [9.17, 15) is 4.79 Å². The van der Waals surface area contributed by atoms with Crippen molar-refractivity contribution in [2.45, 2.75) is 0 Å². The van der Waals surface area contributed by atoms with E-state index in [0.717, 1.165) is 4.88 Å². The molecule has 0 aromatic carbocycles. The van der Waals surface area contributed by atoms with Gasteiger partial charge in [0.2, 0.25) is 0 Å². The molecule has 0 aliphatic heterocycles. The quantitative estimate of drug-likeness (QED) is 0.795. The van der Waals surface area contributed by atoms with E-state index < -0.39 is 0 Å². The number of amides is 1. The van der Waals surface area contributed by atoms with Crippen molar-refractivity contribution in [2.75, 3.05) is 5.32 Å². The molecule has 19 heavy (non-hydrogen) atoms. The van der Waals surface area contributed by atoms with Gasteiger partial charge in [-0.1, -0.05) is 6.07 Å². The number of oxazole rings is 1. The van der Waals surface area contributed by atoms with Crippen molar-refractivity contribution in [3.8, 4) is 10.6 Å². The number of aromatic nitrogens is 2. The molecule has 6 heteroatoms. The molecule has 0 radical (unpaired) electrons. The summed E-state index contributed by atoms with van der Waals surface area (Å²) in [6, 6.07) is 7.28. The summed E-state index contributed by atoms with van der Waals surface area (Å²) in [5.41, 5.74) is 0.888. The largest absolute Gasteiger partial charge is 0.442 e. The summed E-state index contributed by atoms with van der Waals surface area (Å²) in [7, 11) is 0. The van der Waals surface area contributed by atoms with Gasteiger partial charge in [0.05, 0.1) is 16.8 Å². The number of nitrogens with one attached hydrogen (secondary N) is 1. The molecule has 0 saturated heterocycles. The van der Waals surface area contributed by atoms with Crippen LogP contribution in [0.4, 0.5) is 5.69 Å². The monoisotopic (exact) mass is 271 g/mol. The van der Waals surface area contributed by atoms with Crippen LogP contribution in [0.25, 0.3) is 10.6 Å². The van der Waals surface area contributed by atoms with E-state index in [1.54, 1.807) is 24.5 Å². The SMILES string of the molecule is O=C(Nc1cccnc1)c1ncoc1-c1cccs1. The van der Waals surface area contributed by atoms with E-state index in [0.29, 0.717) is 11.4 Å². The van der Waals surface area contributed by atoms with Crippen LogP contribution in [0.1, 0.15) is 10.5 Å². The molecule has 0 fully saturated rings. The minimum atomic E-state index is -0.315. The van der Waals surface area contributed by atoms with Gasteiger partial charge in [-0.15, -0.1) is 11.3 Å². The van der Waals surface area contributed by atoms with Gasteiger partial charge in [-0.25, -0.2) is 4.98 Å². The van der Waals surface area contributed by atoms with Crippen LogP contribution in [-0.4, -0.2) is 15.9 Å². The Labute approximate surface area is 112 Å². The zero-order valence-electron chi connectivity index (χ0n) is 9.74. The number of pyridine rings is 1. The number of carbonyl (C=O) groups excluding carboxylic acids is 1. The van der Waals surface area contributed by atoms with Crippen LogP contribution in [0.15, 0.2) is 52.9 Å². The number of nitrogens with zero attached hydrogens (tertiary/aromatic N) is 2. The van der Waals surface area contributed by atoms with E-state index in [4.69, 9.17) is 4.42 Å². The lowest BCUT2D eigenvalue weighted by Gasteiger charge is -2.02. The normalized spacial score (nSPS) is 10.3. The Morgan fingerprint density at radius 2 is 2.26 bits per heavy atom. The second-order valence-corrected chi connectivity index (χ2v) is 4.65. The van der Waals surface area contributed by atoms with Crippen molar-refractivity contribution >= 4 is 22.9 Å². The number of thiophene rings is 1. The van der Waals surface area contributed by atoms with Crippen LogP contribution in [0.5, 0.6) is 0 Å². The minimum absolute atomic E-state index is 0.270. The average molecular weight is 271 g/mol. The van der Waals surface area contributed by atoms with Crippen molar-refractivity contribution < 1.29 is 9.21 Å². The van der Waals surface area contributed by atoms with E-state index in [-0.39, 0.29) is 11.6 Å². The van der Waals surface area contributed by atoms with Crippen molar-refractivity contribution in [1.29, 1.82) is 0 Å². The molecule has 3 aromatic rings. The zero-order chi connectivity index (χ0) is 13.1. The predicted molar refractivity (Wildman–Crippen MR) is 72.0 cm³/mol. The van der Waals surface area contributed by atoms with Gasteiger partial charge >= 0.3 is 0 Å². The lowest BCUT2D eigenvalue weighted by atomic mass is 10.2. The van der Waals surface area contributed by atoms with Gasteiger partial charge in [-0.05, 0) is 23.6 Å². The molecule has 0 spiro atoms. The maximum atomic E-state index is 12.1. The summed E-state index contributed by atoms with van der Waals surface area (Å²) in [5, 5.41) is 4.64. The highest BCUT2D eigenvalue weighted by atomic mass is 32.1. The van der Waals surface area contributed by atoms with E-state index >= 15 is 0 Å². The lowest BCUT2D eigenvalue weighted by molar-refractivity contribution is 0.102. The summed E-state index contributed by atoms with van der Waals surface area (Å²) in [6.07, 6.45) is 4.48. The fraction of sp³-hybridized carbons (Fsp3) is 0. The molecule has 0 aliphatic carbocycles. The van der Waals surface area contributed by atoms with Crippen molar-refractivity contribution in [2.24, 2.45) is 0 Å². The Morgan fingerprint density at radius 1 is 1.32 bits per heavy atom. The van der Waals surface area contributed by atoms with E-state index in [2.05, 4.69) is 15.3 Å². The standard InChI is InChI=1S/C13H9N3O2S/c17-13(16-9-3-1-5-14-7-9)11-12(18-8-15-11)10-4-2-6-19-10/h1-8H,(H,16,17). The third-order valence-corrected chi connectivity index (χ3v) is 3.32. The van der Waals surface area contributed by atoms with Crippen molar-refractivity contribution in [3.05, 3.63) is 54.1 Å². The number of anilines is 1. The highest BCUT2D eigenvalue weighted by molar-refractivity contribution is 7.13. The van der Waals surface area contributed by atoms with Crippen LogP contribution >= 0.6 is 11.3 Å². The van der Waals surface area contributed by atoms with Gasteiger partial charge in [0.1, 0.15) is 0 Å². The average Bonchev–Trinajstić information content (AvgIpc) is 3.10. The molecule has 0 bridgehead atoms. The molecule has 94 valence electrons. The molecule has 0 atom stereocenters. The van der Waals surface area contributed by atoms with Crippen LogP contribution in [0.2, 0.25) is 0 Å². The van der Waals surface area contributed by atoms with E-state index in [1.807, 2.05) is 17.5 Å². The van der Waals surface area contributed by atoms with E-state index in [1.165, 1.54) is 17.7 Å². The van der Waals surface area contributed by atoms with Crippen LogP contribution in [0.3, 0.4) is 0 Å². The summed E-state index contributed by atoms with van der Waals surface area (Å²) in [4.78, 5) is 20.9. The topological polar surface area (TPSA) is 68.0 Å². The first-order valence-electron chi connectivity index (χ1n) is 5.53. The molecule has 0 aliphatic rings. The fourth-order valence-electron chi connectivity index (χ4n) is 1.62. The molecule has 1 N–H and O–H groups in total. The van der Waals surface area contributed by atoms with Gasteiger partial charge in [0.25, 0.3) is 5.91 Å². The first-order valence-corrected chi connectivity index (χ1v) is 6.41. The Balaban J connectivity index is 1.87. The highest BCUT2D eigenvalue weighted by Gasteiger charge is 2.18. The second kappa shape index (κ2) is 5.03. The van der Waals surface area contributed by atoms with Crippen LogP contribution in [0, 0.1) is 0 Å². The number of rotatable bonds is 3. The first-order chi connectivity index (χ1) is 9.34. The number of carbonyl (C=O) groups is 1. The number of hydrogen-bond donors (Lipinski definition) is 1. The highest BCUT2D eigenvalue weighted by Crippen LogP contribution is 2.27. The second-order valence-electron chi connectivity index (χ2n) is 3.70. The zero-order valence-corrected chi connectivity index (χ0v) is 10.6. The molecule has 1 amide bonds. The molecule has 5 nitrogen and oxygen atoms in total. The minimum Gasteiger partial charge on any atom is -0.442 e. The van der Waals surface area contributed by atoms with Gasteiger partial charge in [0, 0.05) is 6.20 Å². The van der Waals surface area contributed by atoms with Gasteiger partial charge in [-0.3, -0.25) is 9.78 Å². The maximum Gasteiger partial charge on any atom is 0.278 e. The lowest BCUT2D eigenvalue weighted by Crippen LogP contribution is -2.13. The molecular formula is C13H9N3O2S. The van der Waals surface area contributed by atoms with Gasteiger partial charge in [0.15, 0.2) is 17.8 Å². The summed E-state index contributed by atoms with van der Waals surface area (Å²) in [5.74, 6) is 0.168. The first kappa shape index (κ1) is 11.6. The molecule has 0 saturated carbocycles. The third-order valence-electron chi connectivity index (χ3n) is 2.45.